The Bertz CT molecular complexity index is 272. The molecule has 0 saturated carbocycles. The second-order valence-corrected chi connectivity index (χ2v) is 4.71. The van der Waals surface area contributed by atoms with Gasteiger partial charge in [-0.2, -0.15) is 0 Å². The topological polar surface area (TPSA) is 44.1 Å². The molecule has 5 heteroatoms. The maximum atomic E-state index is 10.7. The van der Waals surface area contributed by atoms with Crippen LogP contribution in [-0.2, 0) is 16.0 Å². The van der Waals surface area contributed by atoms with Crippen molar-refractivity contribution >= 4 is 32.0 Å². The van der Waals surface area contributed by atoms with Crippen LogP contribution in [0.1, 0.15) is 12.1 Å². The number of nitrogens with zero attached hydrogens (tertiary/aromatic N) is 2. The minimum absolute atomic E-state index is 0.180. The van der Waals surface area contributed by atoms with E-state index < -0.39 is 0 Å². The summed E-state index contributed by atoms with van der Waals surface area (Å²) in [6.45, 7) is 0. The second kappa shape index (κ2) is 4.58. The molecule has 1 aromatic rings. The molecular formula is C7H9N2O2Tl. The number of imidazole rings is 1. The van der Waals surface area contributed by atoms with Crippen molar-refractivity contribution in [2.45, 2.75) is 12.8 Å². The molecule has 1 heterocycles. The third kappa shape index (κ3) is 2.92. The van der Waals surface area contributed by atoms with E-state index >= 15 is 0 Å². The normalized spacial score (nSPS) is 9.67. The maximum absolute atomic E-state index is 10.7. The van der Waals surface area contributed by atoms with Crippen molar-refractivity contribution in [3.05, 3.63) is 18.2 Å². The Kier molecular flexibility index (Phi) is 3.70. The number of rotatable bonds is 3. The summed E-state index contributed by atoms with van der Waals surface area (Å²) in [5.41, 5.74) is 0.961. The molecule has 0 saturated heterocycles. The number of aryl methyl sites for hydroxylation is 1. The van der Waals surface area contributed by atoms with Gasteiger partial charge in [-0.15, -0.1) is 0 Å². The first kappa shape index (κ1) is 9.69. The fraction of sp³-hybridized carbons (Fsp3) is 0.429. The number of carbonyl (C=O) groups is 1. The summed E-state index contributed by atoms with van der Waals surface area (Å²) < 4.78 is 6.54. The first-order chi connectivity index (χ1) is 5.72. The molecule has 62 valence electrons. The number of methoxy groups -OCH3 is 1. The fourth-order valence-electron chi connectivity index (χ4n) is 0.841. The van der Waals surface area contributed by atoms with Gasteiger partial charge in [0.05, 0.1) is 0 Å². The molecule has 0 amide bonds. The zero-order valence-electron chi connectivity index (χ0n) is 6.86. The molecule has 1 aromatic heterocycles. The van der Waals surface area contributed by atoms with E-state index in [-0.39, 0.29) is 5.97 Å². The number of carbonyl (C=O) groups excluding carboxylic acids is 1. The quantitative estimate of drug-likeness (QED) is 0.561. The number of aromatic nitrogens is 2. The van der Waals surface area contributed by atoms with Crippen molar-refractivity contribution in [2.75, 3.05) is 7.11 Å². The van der Waals surface area contributed by atoms with Gasteiger partial charge < -0.3 is 0 Å². The number of ether oxygens (including phenoxy) is 1. The summed E-state index contributed by atoms with van der Waals surface area (Å²) in [6.07, 6.45) is 4.84. The Morgan fingerprint density at radius 1 is 1.83 bits per heavy atom. The number of esters is 1. The van der Waals surface area contributed by atoms with E-state index in [0.717, 1.165) is 31.8 Å². The van der Waals surface area contributed by atoms with Crippen molar-refractivity contribution in [3.8, 4) is 0 Å². The predicted molar refractivity (Wildman–Crippen MR) is 43.7 cm³/mol. The Morgan fingerprint density at radius 3 is 3.08 bits per heavy atom. The van der Waals surface area contributed by atoms with Gasteiger partial charge >= 0.3 is 87.1 Å². The van der Waals surface area contributed by atoms with Crippen molar-refractivity contribution in [2.24, 2.45) is 0 Å². The standard InChI is InChI=1S/C7H9N2O2.Tl/c1-11-7(10)3-2-6-4-8-5-9-6;/h4-5H,2-3H2,1H3;/q-1;+1. The molecule has 12 heavy (non-hydrogen) atoms. The van der Waals surface area contributed by atoms with Gasteiger partial charge in [-0.1, -0.05) is 0 Å². The Balaban J connectivity index is 2.38. The van der Waals surface area contributed by atoms with Crippen molar-refractivity contribution < 1.29 is 9.53 Å². The molecule has 0 aliphatic rings. The SMILES string of the molecule is COC(=O)CCc1c[n]([Tl])cn1. The van der Waals surface area contributed by atoms with Crippen LogP contribution in [-0.4, -0.2) is 46.5 Å². The van der Waals surface area contributed by atoms with Crippen LogP contribution in [0.5, 0.6) is 0 Å². The summed E-state index contributed by atoms with van der Waals surface area (Å²) in [5, 5.41) is 0. The molecule has 0 fully saturated rings. The van der Waals surface area contributed by atoms with Crippen LogP contribution in [0.25, 0.3) is 0 Å². The van der Waals surface area contributed by atoms with E-state index in [1.165, 1.54) is 7.11 Å². The second-order valence-electron chi connectivity index (χ2n) is 2.39. The van der Waals surface area contributed by atoms with Crippen LogP contribution in [0, 0.1) is 0 Å². The van der Waals surface area contributed by atoms with E-state index in [9.17, 15) is 4.79 Å². The van der Waals surface area contributed by atoms with Crippen LogP contribution in [0.4, 0.5) is 0 Å². The van der Waals surface area contributed by atoms with Gasteiger partial charge in [0.2, 0.25) is 0 Å². The van der Waals surface area contributed by atoms with E-state index in [0.29, 0.717) is 12.8 Å². The van der Waals surface area contributed by atoms with Crippen LogP contribution >= 0.6 is 0 Å². The van der Waals surface area contributed by atoms with Gasteiger partial charge in [-0.3, -0.25) is 0 Å². The molecule has 1 rings (SSSR count). The third-order valence-corrected chi connectivity index (χ3v) is 2.57. The van der Waals surface area contributed by atoms with Gasteiger partial charge in [0.15, 0.2) is 0 Å². The van der Waals surface area contributed by atoms with Gasteiger partial charge in [0.25, 0.3) is 0 Å². The molecular weight excluding hydrogens is 348 g/mol. The molecule has 0 aromatic carbocycles. The minimum atomic E-state index is -0.180. The van der Waals surface area contributed by atoms with Crippen LogP contribution in [0.15, 0.2) is 12.5 Å². The molecule has 0 atom stereocenters. The van der Waals surface area contributed by atoms with Gasteiger partial charge in [0, 0.05) is 0 Å². The summed E-state index contributed by atoms with van der Waals surface area (Å²) >= 11 is 0.745. The van der Waals surface area contributed by atoms with Gasteiger partial charge in [-0.05, 0) is 0 Å². The van der Waals surface area contributed by atoms with E-state index in [2.05, 4.69) is 9.72 Å². The van der Waals surface area contributed by atoms with Crippen LogP contribution < -0.4 is 0 Å². The van der Waals surface area contributed by atoms with Gasteiger partial charge in [-0.25, -0.2) is 0 Å². The number of hydrogen-bond acceptors (Lipinski definition) is 3. The molecule has 0 radical (unpaired) electrons. The molecule has 0 aliphatic heterocycles. The average Bonchev–Trinajstić information content (AvgIpc) is 2.47. The molecule has 0 N–H and O–H groups in total. The molecule has 0 bridgehead atoms. The first-order valence-electron chi connectivity index (χ1n) is 3.57. The fourth-order valence-corrected chi connectivity index (χ4v) is 1.77. The van der Waals surface area contributed by atoms with E-state index in [1.54, 1.807) is 6.33 Å². The Hall–Kier alpha value is -0.398. The zero-order valence-corrected chi connectivity index (χ0v) is 11.3. The zero-order chi connectivity index (χ0) is 8.97. The third-order valence-electron chi connectivity index (χ3n) is 1.47. The molecule has 0 aliphatic carbocycles. The monoisotopic (exact) mass is 358 g/mol. The summed E-state index contributed by atoms with van der Waals surface area (Å²) in [6, 6.07) is 0. The van der Waals surface area contributed by atoms with Crippen molar-refractivity contribution in [3.63, 3.8) is 0 Å². The van der Waals surface area contributed by atoms with Crippen LogP contribution in [0.3, 0.4) is 0 Å². The van der Waals surface area contributed by atoms with E-state index in [4.69, 9.17) is 0 Å². The van der Waals surface area contributed by atoms with Crippen molar-refractivity contribution in [1.29, 1.82) is 0 Å². The van der Waals surface area contributed by atoms with Gasteiger partial charge in [0.1, 0.15) is 0 Å². The summed E-state index contributed by atoms with van der Waals surface area (Å²) in [7, 11) is 1.40. The Morgan fingerprint density at radius 2 is 2.58 bits per heavy atom. The number of hydrogen-bond donors (Lipinski definition) is 0. The van der Waals surface area contributed by atoms with Crippen molar-refractivity contribution in [1.82, 2.24) is 7.36 Å². The molecule has 4 nitrogen and oxygen atoms in total. The average molecular weight is 358 g/mol. The summed E-state index contributed by atoms with van der Waals surface area (Å²) in [5.74, 6) is -0.180. The summed E-state index contributed by atoms with van der Waals surface area (Å²) in [4.78, 5) is 14.9. The van der Waals surface area contributed by atoms with Crippen LogP contribution in [0.2, 0.25) is 0 Å². The first-order valence-corrected chi connectivity index (χ1v) is 5.58. The van der Waals surface area contributed by atoms with E-state index in [1.807, 2.05) is 8.57 Å². The molecule has 0 spiro atoms. The predicted octanol–water partition coefficient (Wildman–Crippen LogP) is -0.0797. The molecule has 0 unspecified atom stereocenters. The Labute approximate surface area is 87.0 Å².